The van der Waals surface area contributed by atoms with E-state index in [0.717, 1.165) is 110 Å². The summed E-state index contributed by atoms with van der Waals surface area (Å²) in [7, 11) is 0. The fourth-order valence-corrected chi connectivity index (χ4v) is 9.13. The number of nitrogens with one attached hydrogen (secondary N) is 1. The first-order valence-electron chi connectivity index (χ1n) is 26.4. The molecule has 1 fully saturated rings. The van der Waals surface area contributed by atoms with Gasteiger partial charge in [0.1, 0.15) is 0 Å². The van der Waals surface area contributed by atoms with Crippen LogP contribution in [-0.4, -0.2) is 73.5 Å². The lowest BCUT2D eigenvalue weighted by Gasteiger charge is -2.39. The van der Waals surface area contributed by atoms with Gasteiger partial charge in [-0.1, -0.05) is 195 Å². The predicted molar refractivity (Wildman–Crippen MR) is 252 cm³/mol. The van der Waals surface area contributed by atoms with Crippen molar-refractivity contribution in [1.82, 2.24) is 10.2 Å². The second kappa shape index (κ2) is 42.1. The van der Waals surface area contributed by atoms with Crippen molar-refractivity contribution >= 4 is 11.9 Å². The van der Waals surface area contributed by atoms with Crippen molar-refractivity contribution in [3.8, 4) is 0 Å². The predicted octanol–water partition coefficient (Wildman–Crippen LogP) is 14.1. The number of carbonyl (C=O) groups is 2. The number of esters is 2. The summed E-state index contributed by atoms with van der Waals surface area (Å²) in [5.74, 6) is 0.314. The quantitative estimate of drug-likeness (QED) is 0.0467. The van der Waals surface area contributed by atoms with Crippen molar-refractivity contribution in [2.75, 3.05) is 39.5 Å². The Bertz CT molecular complexity index is 824. The fraction of sp³-hybridized carbons (Fsp3) is 0.962. The zero-order valence-corrected chi connectivity index (χ0v) is 40.0. The zero-order chi connectivity index (χ0) is 42.9. The van der Waals surface area contributed by atoms with Crippen molar-refractivity contribution in [3.05, 3.63) is 0 Å². The van der Waals surface area contributed by atoms with Gasteiger partial charge in [0, 0.05) is 31.8 Å². The molecule has 0 spiro atoms. The summed E-state index contributed by atoms with van der Waals surface area (Å²) in [6, 6.07) is 1.03. The smallest absolute Gasteiger partial charge is 0.308 e. The van der Waals surface area contributed by atoms with E-state index in [1.165, 1.54) is 141 Å². The largest absolute Gasteiger partial charge is 0.465 e. The molecule has 0 amide bonds. The number of hydrogen-bond acceptors (Lipinski definition) is 7. The highest BCUT2D eigenvalue weighted by atomic mass is 16.5. The van der Waals surface area contributed by atoms with E-state index in [2.05, 4.69) is 37.9 Å². The fourth-order valence-electron chi connectivity index (χ4n) is 9.13. The third-order valence-electron chi connectivity index (χ3n) is 13.0. The summed E-state index contributed by atoms with van der Waals surface area (Å²) in [6.45, 7) is 13.7. The maximum atomic E-state index is 13.1. The molecule has 7 heteroatoms. The van der Waals surface area contributed by atoms with E-state index in [0.29, 0.717) is 25.3 Å². The van der Waals surface area contributed by atoms with Gasteiger partial charge in [0.15, 0.2) is 0 Å². The molecule has 0 aromatic rings. The molecule has 1 aliphatic heterocycles. The summed E-state index contributed by atoms with van der Waals surface area (Å²) in [5, 5.41) is 13.4. The van der Waals surface area contributed by atoms with Crippen LogP contribution in [0.5, 0.6) is 0 Å². The van der Waals surface area contributed by atoms with Crippen LogP contribution in [0.4, 0.5) is 0 Å². The molecule has 2 unspecified atom stereocenters. The number of rotatable bonds is 44. The molecule has 0 aliphatic carbocycles. The highest BCUT2D eigenvalue weighted by Crippen LogP contribution is 2.23. The van der Waals surface area contributed by atoms with Crippen LogP contribution >= 0.6 is 0 Å². The molecule has 0 saturated carbocycles. The second-order valence-corrected chi connectivity index (χ2v) is 18.7. The van der Waals surface area contributed by atoms with Crippen molar-refractivity contribution in [2.45, 2.75) is 271 Å². The van der Waals surface area contributed by atoms with Gasteiger partial charge in [0.2, 0.25) is 0 Å². The van der Waals surface area contributed by atoms with Gasteiger partial charge in [0.25, 0.3) is 0 Å². The Labute approximate surface area is 367 Å². The van der Waals surface area contributed by atoms with Gasteiger partial charge >= 0.3 is 11.9 Å². The molecule has 0 bridgehead atoms. The van der Waals surface area contributed by atoms with E-state index >= 15 is 0 Å². The summed E-state index contributed by atoms with van der Waals surface area (Å²) >= 11 is 0. The highest BCUT2D eigenvalue weighted by molar-refractivity contribution is 5.72. The maximum Gasteiger partial charge on any atom is 0.308 e. The minimum Gasteiger partial charge on any atom is -0.465 e. The van der Waals surface area contributed by atoms with Crippen molar-refractivity contribution < 1.29 is 24.2 Å². The topological polar surface area (TPSA) is 88.1 Å². The van der Waals surface area contributed by atoms with Gasteiger partial charge in [0.05, 0.1) is 25.0 Å². The van der Waals surface area contributed by atoms with E-state index in [9.17, 15) is 14.7 Å². The summed E-state index contributed by atoms with van der Waals surface area (Å²) in [4.78, 5) is 28.8. The molecule has 2 N–H and O–H groups in total. The van der Waals surface area contributed by atoms with Crippen LogP contribution in [0.15, 0.2) is 0 Å². The van der Waals surface area contributed by atoms with Crippen LogP contribution in [0.2, 0.25) is 0 Å². The Morgan fingerprint density at radius 1 is 0.475 bits per heavy atom. The van der Waals surface area contributed by atoms with Gasteiger partial charge in [-0.3, -0.25) is 9.59 Å². The average Bonchev–Trinajstić information content (AvgIpc) is 3.23. The van der Waals surface area contributed by atoms with Crippen LogP contribution in [0.3, 0.4) is 0 Å². The Morgan fingerprint density at radius 2 is 0.814 bits per heavy atom. The van der Waals surface area contributed by atoms with E-state index in [-0.39, 0.29) is 30.4 Å². The molecule has 1 heterocycles. The molecule has 2 atom stereocenters. The molecule has 7 nitrogen and oxygen atoms in total. The summed E-state index contributed by atoms with van der Waals surface area (Å²) in [5.41, 5.74) is 0. The van der Waals surface area contributed by atoms with Gasteiger partial charge in [-0.25, -0.2) is 0 Å². The van der Waals surface area contributed by atoms with Crippen LogP contribution in [-0.2, 0) is 19.1 Å². The number of nitrogens with zero attached hydrogens (tertiary/aromatic N) is 1. The first-order valence-corrected chi connectivity index (χ1v) is 26.4. The molecule has 1 saturated heterocycles. The molecular formula is C52H102N2O5. The monoisotopic (exact) mass is 835 g/mol. The molecular weight excluding hydrogens is 733 g/mol. The Morgan fingerprint density at radius 3 is 1.17 bits per heavy atom. The summed E-state index contributed by atoms with van der Waals surface area (Å²) < 4.78 is 11.7. The number of aliphatic hydroxyl groups is 1. The van der Waals surface area contributed by atoms with Gasteiger partial charge in [-0.2, -0.15) is 0 Å². The minimum atomic E-state index is 0.0638. The maximum absolute atomic E-state index is 13.1. The zero-order valence-electron chi connectivity index (χ0n) is 40.0. The Balaban J connectivity index is 2.39. The molecule has 1 aliphatic rings. The van der Waals surface area contributed by atoms with Gasteiger partial charge in [-0.05, 0) is 70.8 Å². The van der Waals surface area contributed by atoms with Crippen LogP contribution in [0, 0.1) is 11.8 Å². The third kappa shape index (κ3) is 33.1. The van der Waals surface area contributed by atoms with E-state index in [1.807, 2.05) is 0 Å². The highest BCUT2D eigenvalue weighted by Gasteiger charge is 2.26. The van der Waals surface area contributed by atoms with E-state index in [1.54, 1.807) is 0 Å². The number of hydrogen-bond donors (Lipinski definition) is 2. The summed E-state index contributed by atoms with van der Waals surface area (Å²) in [6.07, 6.45) is 42.2. The van der Waals surface area contributed by atoms with Crippen LogP contribution in [0.1, 0.15) is 259 Å². The Hall–Kier alpha value is -1.18. The molecule has 1 rings (SSSR count). The number of aliphatic hydroxyl groups excluding tert-OH is 1. The molecule has 0 aromatic heterocycles. The minimum absolute atomic E-state index is 0.0638. The first-order chi connectivity index (χ1) is 29.0. The van der Waals surface area contributed by atoms with E-state index < -0.39 is 0 Å². The standard InChI is InChI=1S/C52H102N2O5/c1-5-9-13-17-25-35-47(36-26-18-14-10-6-2)51(56)58-43-33-23-21-29-39-49-45-54(41-31-32-42-55)46-50(53-49)40-30-22-24-34-44-59-52(57)48(37-27-19-15-11-7-3)38-28-20-16-12-8-4/h47-50,53,55H,5-46H2,1-4H3. The van der Waals surface area contributed by atoms with Crippen LogP contribution in [0.25, 0.3) is 0 Å². The third-order valence-corrected chi connectivity index (χ3v) is 13.0. The van der Waals surface area contributed by atoms with E-state index in [4.69, 9.17) is 9.47 Å². The number of carbonyl (C=O) groups excluding carboxylic acids is 2. The van der Waals surface area contributed by atoms with Gasteiger partial charge in [-0.15, -0.1) is 0 Å². The Kier molecular flexibility index (Phi) is 39.9. The lowest BCUT2D eigenvalue weighted by Crippen LogP contribution is -2.56. The number of piperazine rings is 1. The molecule has 0 aromatic carbocycles. The molecule has 0 radical (unpaired) electrons. The average molecular weight is 835 g/mol. The molecule has 350 valence electrons. The van der Waals surface area contributed by atoms with Crippen LogP contribution < -0.4 is 5.32 Å². The molecule has 59 heavy (non-hydrogen) atoms. The van der Waals surface area contributed by atoms with Gasteiger partial charge < -0.3 is 24.8 Å². The van der Waals surface area contributed by atoms with Crippen molar-refractivity contribution in [2.24, 2.45) is 11.8 Å². The second-order valence-electron chi connectivity index (χ2n) is 18.7. The number of ether oxygens (including phenoxy) is 2. The normalized spacial score (nSPS) is 16.1. The lowest BCUT2D eigenvalue weighted by atomic mass is 9.94. The first kappa shape index (κ1) is 55.8. The SMILES string of the molecule is CCCCCCCC(CCCCCCC)C(=O)OCCCCCCC1CN(CCCCO)CC(CCCCCCOC(=O)C(CCCCCCC)CCCCCCC)N1. The number of unbranched alkanes of at least 4 members (excludes halogenated alkanes) is 23. The lowest BCUT2D eigenvalue weighted by molar-refractivity contribution is -0.150. The van der Waals surface area contributed by atoms with Crippen molar-refractivity contribution in [3.63, 3.8) is 0 Å². The van der Waals surface area contributed by atoms with Crippen molar-refractivity contribution in [1.29, 1.82) is 0 Å².